The average molecular weight is 272 g/mol. The van der Waals surface area contributed by atoms with E-state index in [9.17, 15) is 8.42 Å². The molecule has 1 saturated heterocycles. The molecule has 1 unspecified atom stereocenters. The Balaban J connectivity index is 2.48. The highest BCUT2D eigenvalue weighted by Crippen LogP contribution is 2.31. The molecule has 0 spiro atoms. The quantitative estimate of drug-likeness (QED) is 0.710. The third-order valence-corrected chi connectivity index (χ3v) is 4.86. The van der Waals surface area contributed by atoms with Crippen molar-refractivity contribution >= 4 is 16.1 Å². The highest BCUT2D eigenvalue weighted by molar-refractivity contribution is 7.92. The zero-order valence-electron chi connectivity index (χ0n) is 11.0. The summed E-state index contributed by atoms with van der Waals surface area (Å²) in [5, 5.41) is 4.83. The monoisotopic (exact) mass is 272 g/mol. The first kappa shape index (κ1) is 13.5. The van der Waals surface area contributed by atoms with Gasteiger partial charge in [-0.2, -0.15) is 0 Å². The van der Waals surface area contributed by atoms with Gasteiger partial charge in [0.25, 0.3) is 5.12 Å². The molecule has 2 N–H and O–H groups in total. The first-order valence-electron chi connectivity index (χ1n) is 5.96. The average Bonchev–Trinajstić information content (AvgIpc) is 2.28. The van der Waals surface area contributed by atoms with Crippen molar-refractivity contribution in [2.75, 3.05) is 25.9 Å². The lowest BCUT2D eigenvalue weighted by atomic mass is 10.0. The maximum atomic E-state index is 12.2. The van der Waals surface area contributed by atoms with Gasteiger partial charge in [0.15, 0.2) is 0 Å². The summed E-state index contributed by atoms with van der Waals surface area (Å²) in [7, 11) is -3.42. The van der Waals surface area contributed by atoms with Crippen LogP contribution in [0.1, 0.15) is 13.8 Å². The zero-order chi connectivity index (χ0) is 13.4. The van der Waals surface area contributed by atoms with Crippen molar-refractivity contribution in [2.45, 2.75) is 24.5 Å². The van der Waals surface area contributed by atoms with Crippen LogP contribution in [0.15, 0.2) is 17.3 Å². The number of allylic oxidation sites excluding steroid dienone is 1. The highest BCUT2D eigenvalue weighted by atomic mass is 32.2. The molecule has 0 saturated carbocycles. The molecule has 2 heterocycles. The Morgan fingerprint density at radius 2 is 2.11 bits per heavy atom. The molecule has 1 fully saturated rings. The van der Waals surface area contributed by atoms with Crippen LogP contribution in [0.4, 0.5) is 0 Å². The molecule has 18 heavy (non-hydrogen) atoms. The van der Waals surface area contributed by atoms with Crippen molar-refractivity contribution < 1.29 is 8.42 Å². The van der Waals surface area contributed by atoms with E-state index < -0.39 is 15.0 Å². The number of piperazine rings is 1. The molecule has 7 heteroatoms. The normalized spacial score (nSPS) is 32.2. The van der Waals surface area contributed by atoms with Crippen molar-refractivity contribution in [1.82, 2.24) is 15.5 Å². The van der Waals surface area contributed by atoms with Gasteiger partial charge in [-0.15, -0.1) is 0 Å². The number of hydrogen-bond donors (Lipinski definition) is 2. The van der Waals surface area contributed by atoms with Crippen molar-refractivity contribution in [3.05, 3.63) is 12.3 Å². The molecule has 0 amide bonds. The number of aliphatic imine (C=N–C) groups is 1. The minimum atomic E-state index is -3.42. The second-order valence-corrected chi connectivity index (χ2v) is 7.42. The van der Waals surface area contributed by atoms with Crippen LogP contribution in [0.2, 0.25) is 0 Å². The van der Waals surface area contributed by atoms with Crippen molar-refractivity contribution in [2.24, 2.45) is 4.99 Å². The SMILES string of the molecule is CC1(C)CNCCN1C1(S(C)(=O)=O)N=CC=CN1. The van der Waals surface area contributed by atoms with E-state index in [4.69, 9.17) is 0 Å². The Labute approximate surface area is 108 Å². The Kier molecular flexibility index (Phi) is 3.25. The van der Waals surface area contributed by atoms with E-state index in [-0.39, 0.29) is 5.54 Å². The molecular formula is C11H20N4O2S. The van der Waals surface area contributed by atoms with Gasteiger partial charge in [0.2, 0.25) is 9.84 Å². The summed E-state index contributed by atoms with van der Waals surface area (Å²) in [6.07, 6.45) is 6.08. The Morgan fingerprint density at radius 3 is 2.61 bits per heavy atom. The minimum absolute atomic E-state index is 0.295. The summed E-state index contributed by atoms with van der Waals surface area (Å²) < 4.78 is 24.4. The van der Waals surface area contributed by atoms with Crippen LogP contribution in [0, 0.1) is 0 Å². The molecular weight excluding hydrogens is 252 g/mol. The molecule has 0 bridgehead atoms. The Hall–Kier alpha value is -0.920. The molecule has 0 radical (unpaired) electrons. The number of sulfone groups is 1. The maximum Gasteiger partial charge on any atom is 0.292 e. The van der Waals surface area contributed by atoms with Crippen LogP contribution >= 0.6 is 0 Å². The number of rotatable bonds is 2. The van der Waals surface area contributed by atoms with Gasteiger partial charge in [0.1, 0.15) is 0 Å². The van der Waals surface area contributed by atoms with E-state index in [0.717, 1.165) is 13.1 Å². The lowest BCUT2D eigenvalue weighted by Crippen LogP contribution is -2.72. The fraction of sp³-hybridized carbons (Fsp3) is 0.727. The van der Waals surface area contributed by atoms with Crippen LogP contribution in [0.3, 0.4) is 0 Å². The summed E-state index contributed by atoms with van der Waals surface area (Å²) in [6, 6.07) is 0. The summed E-state index contributed by atoms with van der Waals surface area (Å²) >= 11 is 0. The van der Waals surface area contributed by atoms with Crippen molar-refractivity contribution in [3.63, 3.8) is 0 Å². The summed E-state index contributed by atoms with van der Waals surface area (Å²) in [6.45, 7) is 6.13. The van der Waals surface area contributed by atoms with E-state index in [1.807, 2.05) is 18.7 Å². The fourth-order valence-electron chi connectivity index (χ4n) is 2.48. The van der Waals surface area contributed by atoms with Crippen LogP contribution in [0.5, 0.6) is 0 Å². The molecule has 0 aliphatic carbocycles. The maximum absolute atomic E-state index is 12.2. The van der Waals surface area contributed by atoms with Crippen LogP contribution in [0.25, 0.3) is 0 Å². The molecule has 0 aromatic rings. The van der Waals surface area contributed by atoms with E-state index in [2.05, 4.69) is 15.6 Å². The molecule has 1 atom stereocenters. The molecule has 2 rings (SSSR count). The predicted octanol–water partition coefficient (Wildman–Crippen LogP) is -0.486. The molecule has 6 nitrogen and oxygen atoms in total. The minimum Gasteiger partial charge on any atom is -0.342 e. The topological polar surface area (TPSA) is 73.8 Å². The van der Waals surface area contributed by atoms with Crippen LogP contribution in [-0.4, -0.2) is 56.1 Å². The number of nitrogens with zero attached hydrogens (tertiary/aromatic N) is 2. The van der Waals surface area contributed by atoms with E-state index in [0.29, 0.717) is 6.54 Å². The number of nitrogens with one attached hydrogen (secondary N) is 2. The molecule has 0 aromatic heterocycles. The van der Waals surface area contributed by atoms with Gasteiger partial charge >= 0.3 is 0 Å². The predicted molar refractivity (Wildman–Crippen MR) is 72.0 cm³/mol. The van der Waals surface area contributed by atoms with Gasteiger partial charge in [-0.05, 0) is 19.9 Å². The van der Waals surface area contributed by atoms with Gasteiger partial charge < -0.3 is 10.6 Å². The second-order valence-electron chi connectivity index (χ2n) is 5.30. The summed E-state index contributed by atoms with van der Waals surface area (Å²) in [4.78, 5) is 6.15. The standard InChI is InChI=1S/C11H20N4O2S/c1-10(2)9-12-7-8-15(10)11(18(3,16)17)13-5-4-6-14-11/h4-6,12-13H,7-9H2,1-3H3. The first-order chi connectivity index (χ1) is 8.30. The van der Waals surface area contributed by atoms with Crippen molar-refractivity contribution in [3.8, 4) is 0 Å². The van der Waals surface area contributed by atoms with Crippen LogP contribution < -0.4 is 10.6 Å². The molecule has 2 aliphatic rings. The zero-order valence-corrected chi connectivity index (χ0v) is 11.8. The second kappa shape index (κ2) is 4.32. The van der Waals surface area contributed by atoms with E-state index in [1.165, 1.54) is 12.5 Å². The van der Waals surface area contributed by atoms with Crippen LogP contribution in [-0.2, 0) is 9.84 Å². The molecule has 102 valence electrons. The van der Waals surface area contributed by atoms with E-state index in [1.54, 1.807) is 12.3 Å². The van der Waals surface area contributed by atoms with Gasteiger partial charge in [0, 0.05) is 43.8 Å². The van der Waals surface area contributed by atoms with Gasteiger partial charge in [-0.3, -0.25) is 0 Å². The largest absolute Gasteiger partial charge is 0.342 e. The molecule has 2 aliphatic heterocycles. The summed E-state index contributed by atoms with van der Waals surface area (Å²) in [5.74, 6) is 0. The van der Waals surface area contributed by atoms with E-state index >= 15 is 0 Å². The first-order valence-corrected chi connectivity index (χ1v) is 7.85. The Bertz CT molecular complexity index is 483. The van der Waals surface area contributed by atoms with Gasteiger partial charge in [-0.1, -0.05) is 0 Å². The lowest BCUT2D eigenvalue weighted by Gasteiger charge is -2.51. The summed E-state index contributed by atoms with van der Waals surface area (Å²) in [5.41, 5.74) is -0.295. The highest BCUT2D eigenvalue weighted by Gasteiger charge is 2.52. The Morgan fingerprint density at radius 1 is 1.39 bits per heavy atom. The third-order valence-electron chi connectivity index (χ3n) is 3.39. The lowest BCUT2D eigenvalue weighted by molar-refractivity contribution is 0.0159. The van der Waals surface area contributed by atoms with Gasteiger partial charge in [-0.25, -0.2) is 18.3 Å². The molecule has 0 aromatic carbocycles. The fourth-order valence-corrected chi connectivity index (χ4v) is 3.75. The third kappa shape index (κ3) is 2.06. The van der Waals surface area contributed by atoms with Gasteiger partial charge in [0.05, 0.1) is 0 Å². The smallest absolute Gasteiger partial charge is 0.292 e. The van der Waals surface area contributed by atoms with Crippen molar-refractivity contribution in [1.29, 1.82) is 0 Å². The number of hydrogen-bond acceptors (Lipinski definition) is 6.